The lowest BCUT2D eigenvalue weighted by Gasteiger charge is -2.12. The Bertz CT molecular complexity index is 1620. The third kappa shape index (κ3) is 4.50. The van der Waals surface area contributed by atoms with Crippen molar-refractivity contribution in [3.63, 3.8) is 0 Å². The molecule has 0 atom stereocenters. The standard InChI is InChI=1S/C26H20FN7O/c1-2-25(35)33-22-11-21-23(10-17(22)12-28)29-15-30-26(21)32-20-6-7-24-18(9-20)13-31-34(24)14-16-4-3-5-19(27)8-16/h3-11,13,15H,2,14H2,1H3,(H,33,35)(H,29,30,32). The van der Waals surface area contributed by atoms with E-state index < -0.39 is 0 Å². The van der Waals surface area contributed by atoms with Gasteiger partial charge >= 0.3 is 0 Å². The van der Waals surface area contributed by atoms with Crippen LogP contribution in [0.25, 0.3) is 21.8 Å². The quantitative estimate of drug-likeness (QED) is 0.360. The summed E-state index contributed by atoms with van der Waals surface area (Å²) in [7, 11) is 0. The highest BCUT2D eigenvalue weighted by Crippen LogP contribution is 2.29. The number of benzene rings is 3. The van der Waals surface area contributed by atoms with Crippen LogP contribution in [-0.2, 0) is 11.3 Å². The van der Waals surface area contributed by atoms with Gasteiger partial charge in [-0.1, -0.05) is 19.1 Å². The molecule has 1 amide bonds. The van der Waals surface area contributed by atoms with E-state index >= 15 is 0 Å². The Morgan fingerprint density at radius 2 is 2.03 bits per heavy atom. The van der Waals surface area contributed by atoms with Gasteiger partial charge in [0, 0.05) is 22.9 Å². The molecule has 2 N–H and O–H groups in total. The number of aromatic nitrogens is 4. The van der Waals surface area contributed by atoms with Crippen LogP contribution in [-0.4, -0.2) is 25.7 Å². The van der Waals surface area contributed by atoms with Crippen LogP contribution in [0.4, 0.5) is 21.6 Å². The number of nitrogens with zero attached hydrogens (tertiary/aromatic N) is 5. The van der Waals surface area contributed by atoms with Gasteiger partial charge in [0.25, 0.3) is 0 Å². The number of nitrogens with one attached hydrogen (secondary N) is 2. The number of hydrogen-bond donors (Lipinski definition) is 2. The Morgan fingerprint density at radius 3 is 2.83 bits per heavy atom. The summed E-state index contributed by atoms with van der Waals surface area (Å²) in [5.41, 5.74) is 3.85. The number of nitriles is 1. The maximum atomic E-state index is 13.5. The minimum atomic E-state index is -0.276. The Morgan fingerprint density at radius 1 is 1.14 bits per heavy atom. The minimum absolute atomic E-state index is 0.187. The van der Waals surface area contributed by atoms with Gasteiger partial charge in [0.2, 0.25) is 5.91 Å². The van der Waals surface area contributed by atoms with Crippen molar-refractivity contribution >= 4 is 44.9 Å². The predicted octanol–water partition coefficient (Wildman–Crippen LogP) is 5.13. The number of rotatable bonds is 6. The molecule has 0 aliphatic heterocycles. The van der Waals surface area contributed by atoms with E-state index in [0.717, 1.165) is 22.2 Å². The first-order valence-corrected chi connectivity index (χ1v) is 11.0. The van der Waals surface area contributed by atoms with Crippen LogP contribution in [0, 0.1) is 17.1 Å². The Hall–Kier alpha value is -4.84. The number of halogens is 1. The third-order valence-corrected chi connectivity index (χ3v) is 5.62. The molecule has 2 aromatic heterocycles. The van der Waals surface area contributed by atoms with Crippen LogP contribution < -0.4 is 10.6 Å². The lowest BCUT2D eigenvalue weighted by atomic mass is 10.1. The Kier molecular flexibility index (Phi) is 5.77. The molecular formula is C26H20FN7O. The molecule has 9 heteroatoms. The van der Waals surface area contributed by atoms with Gasteiger partial charge in [0.05, 0.1) is 35.0 Å². The first-order valence-electron chi connectivity index (χ1n) is 11.0. The van der Waals surface area contributed by atoms with Crippen LogP contribution in [0.15, 0.2) is 67.1 Å². The second-order valence-corrected chi connectivity index (χ2v) is 7.98. The molecule has 0 saturated carbocycles. The van der Waals surface area contributed by atoms with E-state index in [4.69, 9.17) is 0 Å². The van der Waals surface area contributed by atoms with Crippen molar-refractivity contribution in [1.29, 1.82) is 5.26 Å². The van der Waals surface area contributed by atoms with Crippen molar-refractivity contribution < 1.29 is 9.18 Å². The average molecular weight is 465 g/mol. The molecule has 5 aromatic rings. The van der Waals surface area contributed by atoms with Gasteiger partial charge in [-0.05, 0) is 48.0 Å². The molecule has 0 saturated heterocycles. The van der Waals surface area contributed by atoms with Gasteiger partial charge < -0.3 is 10.6 Å². The maximum absolute atomic E-state index is 13.5. The highest BCUT2D eigenvalue weighted by molar-refractivity contribution is 5.99. The summed E-state index contributed by atoms with van der Waals surface area (Å²) < 4.78 is 15.4. The fourth-order valence-corrected chi connectivity index (χ4v) is 3.87. The van der Waals surface area contributed by atoms with Crippen LogP contribution in [0.1, 0.15) is 24.5 Å². The fourth-order valence-electron chi connectivity index (χ4n) is 3.87. The molecule has 0 aliphatic rings. The summed E-state index contributed by atoms with van der Waals surface area (Å²) >= 11 is 0. The summed E-state index contributed by atoms with van der Waals surface area (Å²) in [6.07, 6.45) is 3.48. The van der Waals surface area contributed by atoms with Crippen molar-refractivity contribution in [3.8, 4) is 6.07 Å². The summed E-state index contributed by atoms with van der Waals surface area (Å²) in [6.45, 7) is 2.20. The zero-order chi connectivity index (χ0) is 24.4. The maximum Gasteiger partial charge on any atom is 0.224 e. The molecule has 0 spiro atoms. The Labute approximate surface area is 200 Å². The van der Waals surface area contributed by atoms with Gasteiger partial charge in [-0.3, -0.25) is 9.48 Å². The number of anilines is 3. The van der Waals surface area contributed by atoms with E-state index in [0.29, 0.717) is 40.9 Å². The highest BCUT2D eigenvalue weighted by atomic mass is 19.1. The molecule has 0 bridgehead atoms. The topological polar surface area (TPSA) is 109 Å². The second kappa shape index (κ2) is 9.19. The second-order valence-electron chi connectivity index (χ2n) is 7.98. The van der Waals surface area contributed by atoms with Crippen molar-refractivity contribution in [1.82, 2.24) is 19.7 Å². The third-order valence-electron chi connectivity index (χ3n) is 5.62. The van der Waals surface area contributed by atoms with E-state index in [1.54, 1.807) is 31.3 Å². The van der Waals surface area contributed by atoms with Crippen molar-refractivity contribution in [2.45, 2.75) is 19.9 Å². The van der Waals surface area contributed by atoms with Gasteiger partial charge in [-0.25, -0.2) is 14.4 Å². The number of carbonyl (C=O) groups excluding carboxylic acids is 1. The smallest absolute Gasteiger partial charge is 0.224 e. The SMILES string of the molecule is CCC(=O)Nc1cc2c(Nc3ccc4c(cnn4Cc4cccc(F)c4)c3)ncnc2cc1C#N. The van der Waals surface area contributed by atoms with Crippen LogP contribution in [0.2, 0.25) is 0 Å². The van der Waals surface area contributed by atoms with E-state index in [1.807, 2.05) is 28.9 Å². The van der Waals surface area contributed by atoms with Gasteiger partial charge in [0.1, 0.15) is 24.0 Å². The molecule has 3 aromatic carbocycles. The monoisotopic (exact) mass is 465 g/mol. The lowest BCUT2D eigenvalue weighted by molar-refractivity contribution is -0.115. The van der Waals surface area contributed by atoms with Gasteiger partial charge in [0.15, 0.2) is 0 Å². The first-order chi connectivity index (χ1) is 17.0. The van der Waals surface area contributed by atoms with Crippen LogP contribution >= 0.6 is 0 Å². The van der Waals surface area contributed by atoms with E-state index in [1.165, 1.54) is 18.5 Å². The molecule has 172 valence electrons. The molecule has 0 unspecified atom stereocenters. The summed E-state index contributed by atoms with van der Waals surface area (Å²) in [5.74, 6) is 0.0766. The highest BCUT2D eigenvalue weighted by Gasteiger charge is 2.13. The van der Waals surface area contributed by atoms with Crippen LogP contribution in [0.5, 0.6) is 0 Å². The number of carbonyl (C=O) groups is 1. The zero-order valence-corrected chi connectivity index (χ0v) is 18.8. The summed E-state index contributed by atoms with van der Waals surface area (Å²) in [6, 6.07) is 17.7. The van der Waals surface area contributed by atoms with Gasteiger partial charge in [-0.2, -0.15) is 10.4 Å². The van der Waals surface area contributed by atoms with Gasteiger partial charge in [-0.15, -0.1) is 0 Å². The molecule has 0 fully saturated rings. The summed E-state index contributed by atoms with van der Waals surface area (Å²) in [4.78, 5) is 20.6. The number of hydrogen-bond acceptors (Lipinski definition) is 6. The average Bonchev–Trinajstić information content (AvgIpc) is 3.25. The Balaban J connectivity index is 1.47. The minimum Gasteiger partial charge on any atom is -0.340 e. The number of fused-ring (bicyclic) bond motifs is 2. The molecule has 35 heavy (non-hydrogen) atoms. The van der Waals surface area contributed by atoms with Crippen LogP contribution in [0.3, 0.4) is 0 Å². The molecule has 5 rings (SSSR count). The molecule has 8 nitrogen and oxygen atoms in total. The first kappa shape index (κ1) is 22.0. The fraction of sp³-hybridized carbons (Fsp3) is 0.115. The predicted molar refractivity (Wildman–Crippen MR) is 132 cm³/mol. The summed E-state index contributed by atoms with van der Waals surface area (Å²) in [5, 5.41) is 21.6. The van der Waals surface area contributed by atoms with E-state index in [-0.39, 0.29) is 11.7 Å². The van der Waals surface area contributed by atoms with E-state index in [9.17, 15) is 14.4 Å². The van der Waals surface area contributed by atoms with Crippen molar-refractivity contribution in [2.75, 3.05) is 10.6 Å². The molecule has 0 aliphatic carbocycles. The zero-order valence-electron chi connectivity index (χ0n) is 18.8. The molecule has 2 heterocycles. The molecule has 0 radical (unpaired) electrons. The lowest BCUT2D eigenvalue weighted by Crippen LogP contribution is -2.11. The van der Waals surface area contributed by atoms with Crippen molar-refractivity contribution in [2.24, 2.45) is 0 Å². The van der Waals surface area contributed by atoms with E-state index in [2.05, 4.69) is 31.8 Å². The van der Waals surface area contributed by atoms with Crippen molar-refractivity contribution in [3.05, 3.63) is 84.1 Å². The normalized spacial score (nSPS) is 10.9. The number of amides is 1. The largest absolute Gasteiger partial charge is 0.340 e. The molecular weight excluding hydrogens is 445 g/mol.